The Morgan fingerprint density at radius 1 is 0.968 bits per heavy atom. The van der Waals surface area contributed by atoms with Crippen molar-refractivity contribution in [1.29, 1.82) is 0 Å². The van der Waals surface area contributed by atoms with Gasteiger partial charge in [-0.15, -0.1) is 0 Å². The number of allylic oxidation sites excluding steroid dienone is 8. The van der Waals surface area contributed by atoms with Crippen molar-refractivity contribution in [3.05, 3.63) is 83.2 Å². The summed E-state index contributed by atoms with van der Waals surface area (Å²) in [5, 5.41) is 5.97. The number of hydrogen-bond acceptors (Lipinski definition) is 8. The summed E-state index contributed by atoms with van der Waals surface area (Å²) < 4.78 is 23.5. The second-order valence-electron chi connectivity index (χ2n) is 6.58. The summed E-state index contributed by atoms with van der Waals surface area (Å²) in [6.45, 7) is 0. The van der Waals surface area contributed by atoms with Gasteiger partial charge in [-0.05, 0) is 23.3 Å². The summed E-state index contributed by atoms with van der Waals surface area (Å²) in [7, 11) is 2.62. The topological polar surface area (TPSA) is 102 Å². The van der Waals surface area contributed by atoms with Crippen molar-refractivity contribution < 1.29 is 23.5 Å². The summed E-state index contributed by atoms with van der Waals surface area (Å²) >= 11 is 0. The molecular weight excluding hydrogens is 403 g/mol. The van der Waals surface area contributed by atoms with E-state index in [9.17, 15) is 14.0 Å². The SMILES string of the molecule is COC(=O)C=C1C=CC=C(Nc2ncc(F)c(NC3=CC=CC(=CC(=O)OC)C3)n2)C1. The molecule has 1 aromatic heterocycles. The maximum atomic E-state index is 14.3. The van der Waals surface area contributed by atoms with Crippen molar-refractivity contribution in [2.75, 3.05) is 24.9 Å². The van der Waals surface area contributed by atoms with Crippen molar-refractivity contribution in [2.45, 2.75) is 12.8 Å². The van der Waals surface area contributed by atoms with Crippen molar-refractivity contribution >= 4 is 23.7 Å². The Kier molecular flexibility index (Phi) is 7.10. The first-order valence-corrected chi connectivity index (χ1v) is 9.35. The third-order valence-electron chi connectivity index (χ3n) is 4.31. The van der Waals surface area contributed by atoms with Crippen LogP contribution in [0, 0.1) is 5.82 Å². The maximum Gasteiger partial charge on any atom is 0.330 e. The van der Waals surface area contributed by atoms with Gasteiger partial charge in [0.05, 0.1) is 20.4 Å². The number of carbonyl (C=O) groups excluding carboxylic acids is 2. The largest absolute Gasteiger partial charge is 0.466 e. The minimum absolute atomic E-state index is 0.00579. The zero-order valence-corrected chi connectivity index (χ0v) is 17.0. The monoisotopic (exact) mass is 424 g/mol. The highest BCUT2D eigenvalue weighted by Crippen LogP contribution is 2.23. The molecule has 160 valence electrons. The van der Waals surface area contributed by atoms with Crippen LogP contribution in [0.3, 0.4) is 0 Å². The first-order valence-electron chi connectivity index (χ1n) is 9.35. The molecule has 0 bridgehead atoms. The van der Waals surface area contributed by atoms with Gasteiger partial charge < -0.3 is 20.1 Å². The molecule has 8 nitrogen and oxygen atoms in total. The molecule has 3 rings (SSSR count). The Morgan fingerprint density at radius 3 is 2.06 bits per heavy atom. The van der Waals surface area contributed by atoms with Crippen LogP contribution in [0.15, 0.2) is 77.3 Å². The van der Waals surface area contributed by atoms with Gasteiger partial charge in [0, 0.05) is 36.4 Å². The van der Waals surface area contributed by atoms with Crippen LogP contribution in [0.5, 0.6) is 0 Å². The molecule has 0 spiro atoms. The smallest absolute Gasteiger partial charge is 0.330 e. The molecule has 0 amide bonds. The molecular formula is C22H21FN4O4. The Morgan fingerprint density at radius 2 is 1.52 bits per heavy atom. The van der Waals surface area contributed by atoms with E-state index < -0.39 is 17.8 Å². The van der Waals surface area contributed by atoms with E-state index in [0.29, 0.717) is 24.1 Å². The number of ether oxygens (including phenoxy) is 2. The second-order valence-corrected chi connectivity index (χ2v) is 6.58. The molecule has 0 aromatic carbocycles. The summed E-state index contributed by atoms with van der Waals surface area (Å²) in [5.41, 5.74) is 2.86. The van der Waals surface area contributed by atoms with Crippen LogP contribution in [0.2, 0.25) is 0 Å². The quantitative estimate of drug-likeness (QED) is 0.530. The van der Waals surface area contributed by atoms with Crippen LogP contribution < -0.4 is 10.6 Å². The Bertz CT molecular complexity index is 1070. The lowest BCUT2D eigenvalue weighted by molar-refractivity contribution is -0.135. The number of methoxy groups -OCH3 is 2. The van der Waals surface area contributed by atoms with Crippen LogP contribution in [-0.2, 0) is 19.1 Å². The maximum absolute atomic E-state index is 14.3. The van der Waals surface area contributed by atoms with Crippen molar-refractivity contribution in [1.82, 2.24) is 9.97 Å². The summed E-state index contributed by atoms with van der Waals surface area (Å²) in [6.07, 6.45) is 15.3. The van der Waals surface area contributed by atoms with Crippen LogP contribution in [0.25, 0.3) is 0 Å². The fourth-order valence-electron chi connectivity index (χ4n) is 2.85. The van der Waals surface area contributed by atoms with E-state index in [1.165, 1.54) is 26.4 Å². The van der Waals surface area contributed by atoms with E-state index in [4.69, 9.17) is 0 Å². The summed E-state index contributed by atoms with van der Waals surface area (Å²) in [5.74, 6) is -1.34. The van der Waals surface area contributed by atoms with Crippen molar-refractivity contribution in [3.8, 4) is 0 Å². The molecule has 0 unspecified atom stereocenters. The fourth-order valence-corrected chi connectivity index (χ4v) is 2.85. The number of anilines is 2. The highest BCUT2D eigenvalue weighted by Gasteiger charge is 2.13. The normalized spacial score (nSPS) is 17.8. The molecule has 0 radical (unpaired) electrons. The van der Waals surface area contributed by atoms with Gasteiger partial charge in [-0.25, -0.2) is 19.0 Å². The first kappa shape index (κ1) is 21.7. The number of aromatic nitrogens is 2. The van der Waals surface area contributed by atoms with Crippen LogP contribution in [0.1, 0.15) is 12.8 Å². The predicted octanol–water partition coefficient (Wildman–Crippen LogP) is 3.33. The molecule has 9 heteroatoms. The number of nitrogens with one attached hydrogen (secondary N) is 2. The van der Waals surface area contributed by atoms with E-state index in [-0.39, 0.29) is 11.8 Å². The molecule has 0 atom stereocenters. The molecule has 0 saturated carbocycles. The Balaban J connectivity index is 1.70. The number of halogens is 1. The highest BCUT2D eigenvalue weighted by molar-refractivity contribution is 5.84. The number of nitrogens with zero attached hydrogens (tertiary/aromatic N) is 2. The number of carbonyl (C=O) groups is 2. The van der Waals surface area contributed by atoms with Gasteiger partial charge in [0.1, 0.15) is 0 Å². The molecule has 1 heterocycles. The number of hydrogen-bond donors (Lipinski definition) is 2. The third kappa shape index (κ3) is 6.23. The van der Waals surface area contributed by atoms with Crippen molar-refractivity contribution in [3.63, 3.8) is 0 Å². The van der Waals surface area contributed by atoms with E-state index in [1.807, 2.05) is 6.08 Å². The molecule has 1 aromatic rings. The van der Waals surface area contributed by atoms with Gasteiger partial charge in [-0.2, -0.15) is 4.98 Å². The fraction of sp³-hybridized carbons (Fsp3) is 0.182. The molecule has 0 aliphatic heterocycles. The second kappa shape index (κ2) is 10.1. The molecule has 0 fully saturated rings. The van der Waals surface area contributed by atoms with Gasteiger partial charge in [0.2, 0.25) is 5.95 Å². The zero-order chi connectivity index (χ0) is 22.2. The van der Waals surface area contributed by atoms with Gasteiger partial charge in [-0.1, -0.05) is 24.3 Å². The third-order valence-corrected chi connectivity index (χ3v) is 4.31. The lowest BCUT2D eigenvalue weighted by atomic mass is 10.0. The molecule has 2 aliphatic rings. The van der Waals surface area contributed by atoms with E-state index >= 15 is 0 Å². The molecule has 2 aliphatic carbocycles. The zero-order valence-electron chi connectivity index (χ0n) is 17.0. The van der Waals surface area contributed by atoms with Crippen LogP contribution in [0.4, 0.5) is 16.2 Å². The Hall–Kier alpha value is -4.01. The van der Waals surface area contributed by atoms with Gasteiger partial charge in [0.25, 0.3) is 0 Å². The first-order chi connectivity index (χ1) is 15.0. The summed E-state index contributed by atoms with van der Waals surface area (Å²) in [4.78, 5) is 31.0. The summed E-state index contributed by atoms with van der Waals surface area (Å²) in [6, 6.07) is 0. The predicted molar refractivity (Wildman–Crippen MR) is 113 cm³/mol. The number of esters is 2. The van der Waals surface area contributed by atoms with E-state index in [2.05, 4.69) is 30.1 Å². The lowest BCUT2D eigenvalue weighted by Crippen LogP contribution is -2.11. The molecule has 31 heavy (non-hydrogen) atoms. The molecule has 2 N–H and O–H groups in total. The highest BCUT2D eigenvalue weighted by atomic mass is 19.1. The van der Waals surface area contributed by atoms with Gasteiger partial charge in [-0.3, -0.25) is 0 Å². The lowest BCUT2D eigenvalue weighted by Gasteiger charge is -2.16. The van der Waals surface area contributed by atoms with Gasteiger partial charge >= 0.3 is 11.9 Å². The van der Waals surface area contributed by atoms with Gasteiger partial charge in [0.15, 0.2) is 11.6 Å². The standard InChI is InChI=1S/C22H21FN4O4/c1-30-19(28)11-14-5-3-7-16(9-14)25-21-18(23)13-24-22(27-21)26-17-8-4-6-15(10-17)12-20(29)31-2/h3-8,11-13H,9-10H2,1-2H3,(H2,24,25,26,27). The average molecular weight is 424 g/mol. The average Bonchev–Trinajstić information content (AvgIpc) is 2.76. The van der Waals surface area contributed by atoms with Crippen LogP contribution in [-0.4, -0.2) is 36.1 Å². The minimum atomic E-state index is -0.622. The molecule has 0 saturated heterocycles. The number of rotatable bonds is 6. The van der Waals surface area contributed by atoms with E-state index in [0.717, 1.165) is 17.5 Å². The van der Waals surface area contributed by atoms with Crippen molar-refractivity contribution in [2.24, 2.45) is 0 Å². The van der Waals surface area contributed by atoms with E-state index in [1.54, 1.807) is 30.4 Å². The minimum Gasteiger partial charge on any atom is -0.466 e. The Labute approximate surface area is 178 Å². The van der Waals surface area contributed by atoms with Crippen LogP contribution >= 0.6 is 0 Å².